The molecule has 0 spiro atoms. The lowest BCUT2D eigenvalue weighted by Crippen LogP contribution is -2.39. The summed E-state index contributed by atoms with van der Waals surface area (Å²) < 4.78 is 63.0. The lowest BCUT2D eigenvalue weighted by atomic mass is 9.99. The van der Waals surface area contributed by atoms with E-state index in [9.17, 15) is 31.2 Å². The summed E-state index contributed by atoms with van der Waals surface area (Å²) in [5.41, 5.74) is 11.5. The van der Waals surface area contributed by atoms with Crippen molar-refractivity contribution in [1.82, 2.24) is 4.90 Å². The van der Waals surface area contributed by atoms with Crippen molar-refractivity contribution in [3.05, 3.63) is 84.9 Å². The number of likely N-dealkylation sites (tertiary alicyclic amines) is 1. The smallest absolute Gasteiger partial charge is 0.264 e. The van der Waals surface area contributed by atoms with Crippen LogP contribution >= 0.6 is 0 Å². The molecule has 276 valence electrons. The minimum absolute atomic E-state index is 0.0310. The topological polar surface area (TPSA) is 203 Å². The first-order valence-electron chi connectivity index (χ1n) is 16.6. The number of carbonyl (C=O) groups is 3. The Morgan fingerprint density at radius 3 is 1.65 bits per heavy atom. The van der Waals surface area contributed by atoms with Crippen molar-refractivity contribution in [2.45, 2.75) is 36.0 Å². The minimum Gasteiger partial charge on any atom is -0.497 e. The molecule has 0 radical (unpaired) electrons. The maximum Gasteiger partial charge on any atom is 0.264 e. The Morgan fingerprint density at radius 1 is 0.750 bits per heavy atom. The van der Waals surface area contributed by atoms with E-state index >= 15 is 0 Å². The van der Waals surface area contributed by atoms with E-state index in [1.165, 1.54) is 67.8 Å². The van der Waals surface area contributed by atoms with Crippen LogP contribution in [0.3, 0.4) is 0 Å². The third kappa shape index (κ3) is 8.63. The van der Waals surface area contributed by atoms with Crippen LogP contribution in [0.1, 0.15) is 26.2 Å². The number of methoxy groups -OCH3 is 1. The van der Waals surface area contributed by atoms with Crippen molar-refractivity contribution in [2.24, 2.45) is 17.4 Å². The zero-order valence-corrected chi connectivity index (χ0v) is 30.5. The predicted molar refractivity (Wildman–Crippen MR) is 199 cm³/mol. The number of hydrogen-bond donors (Lipinski definition) is 3. The van der Waals surface area contributed by atoms with Gasteiger partial charge in [0, 0.05) is 29.4 Å². The third-order valence-corrected chi connectivity index (χ3v) is 12.5. The monoisotopic (exact) mass is 750 g/mol. The fraction of sp³-hybridized carbons (Fsp3) is 0.306. The van der Waals surface area contributed by atoms with Crippen molar-refractivity contribution in [1.29, 1.82) is 0 Å². The van der Waals surface area contributed by atoms with Gasteiger partial charge < -0.3 is 26.4 Å². The number of nitrogens with zero attached hydrogens (tertiary/aromatic N) is 3. The fourth-order valence-electron chi connectivity index (χ4n) is 6.07. The summed E-state index contributed by atoms with van der Waals surface area (Å²) >= 11 is 0. The zero-order valence-electron chi connectivity index (χ0n) is 28.9. The number of piperidine rings is 1. The maximum atomic E-state index is 14.2. The Balaban J connectivity index is 1.46. The minimum atomic E-state index is -4.45. The van der Waals surface area contributed by atoms with Gasteiger partial charge in [-0.3, -0.25) is 23.0 Å². The second-order valence-electron chi connectivity index (χ2n) is 12.6. The number of benzene rings is 4. The average molecular weight is 751 g/mol. The Hall–Kier alpha value is -5.19. The van der Waals surface area contributed by atoms with E-state index in [4.69, 9.17) is 16.2 Å². The molecule has 5 N–H and O–H groups in total. The molecule has 5 rings (SSSR count). The molecular weight excluding hydrogens is 709 g/mol. The highest BCUT2D eigenvalue weighted by molar-refractivity contribution is 7.93. The molecule has 1 aliphatic rings. The number of nitrogens with two attached hydrogens (primary N) is 2. The number of primary amides is 2. The average Bonchev–Trinajstić information content (AvgIpc) is 3.12. The number of sulfonamides is 2. The predicted octanol–water partition coefficient (Wildman–Crippen LogP) is 3.27. The third-order valence-electron chi connectivity index (χ3n) is 8.92. The standard InChI is InChI=1S/C36H42N6O8S2/c1-25-17-20-40(21-18-25)22-19-36(45)39-26-7-11-28(12-8-26)51(46,47)41(23-34(37)43)32-15-16-33(31-6-4-3-5-30(31)32)42(24-35(38)44)52(48,49)29-13-9-27(50-2)10-14-29/h3-16,25H,17-24H2,1-2H3,(H2,37,43)(H2,38,44)(H,39,45). The number of ether oxygens (including phenoxy) is 1. The van der Waals surface area contributed by atoms with Crippen molar-refractivity contribution >= 4 is 65.6 Å². The molecule has 1 aliphatic heterocycles. The molecule has 4 aromatic carbocycles. The first-order valence-corrected chi connectivity index (χ1v) is 19.5. The van der Waals surface area contributed by atoms with Crippen LogP contribution in [0.2, 0.25) is 0 Å². The van der Waals surface area contributed by atoms with Crippen LogP contribution in [-0.2, 0) is 34.4 Å². The van der Waals surface area contributed by atoms with Crippen molar-refractivity contribution < 1.29 is 36.0 Å². The van der Waals surface area contributed by atoms with E-state index < -0.39 is 45.0 Å². The highest BCUT2D eigenvalue weighted by atomic mass is 32.2. The van der Waals surface area contributed by atoms with Gasteiger partial charge in [0.2, 0.25) is 17.7 Å². The number of nitrogens with one attached hydrogen (secondary N) is 1. The van der Waals surface area contributed by atoms with Gasteiger partial charge in [-0.1, -0.05) is 31.2 Å². The molecule has 0 aromatic heterocycles. The van der Waals surface area contributed by atoms with Crippen LogP contribution in [0.25, 0.3) is 10.8 Å². The highest BCUT2D eigenvalue weighted by Gasteiger charge is 2.32. The van der Waals surface area contributed by atoms with E-state index in [0.29, 0.717) is 30.3 Å². The van der Waals surface area contributed by atoms with Crippen molar-refractivity contribution in [3.63, 3.8) is 0 Å². The second-order valence-corrected chi connectivity index (χ2v) is 16.4. The molecule has 1 heterocycles. The number of carbonyl (C=O) groups excluding carboxylic acids is 3. The Morgan fingerprint density at radius 2 is 1.21 bits per heavy atom. The molecule has 3 amide bonds. The molecule has 0 unspecified atom stereocenters. The van der Waals surface area contributed by atoms with Gasteiger partial charge in [-0.2, -0.15) is 0 Å². The van der Waals surface area contributed by atoms with Crippen LogP contribution in [0, 0.1) is 5.92 Å². The van der Waals surface area contributed by atoms with E-state index in [2.05, 4.69) is 17.1 Å². The van der Waals surface area contributed by atoms with Crippen molar-refractivity contribution in [2.75, 3.05) is 53.8 Å². The number of fused-ring (bicyclic) bond motifs is 1. The van der Waals surface area contributed by atoms with E-state index in [1.807, 2.05) is 0 Å². The molecular formula is C36H42N6O8S2. The molecule has 52 heavy (non-hydrogen) atoms. The quantitative estimate of drug-likeness (QED) is 0.163. The Bertz CT molecular complexity index is 2150. The number of anilines is 3. The highest BCUT2D eigenvalue weighted by Crippen LogP contribution is 2.38. The lowest BCUT2D eigenvalue weighted by Gasteiger charge is -2.29. The molecule has 16 heteroatoms. The van der Waals surface area contributed by atoms with Gasteiger partial charge in [0.25, 0.3) is 20.0 Å². The van der Waals surface area contributed by atoms with Crippen LogP contribution in [0.15, 0.2) is 94.7 Å². The number of rotatable bonds is 15. The first kappa shape index (κ1) is 38.1. The number of hydrogen-bond acceptors (Lipinski definition) is 9. The van der Waals surface area contributed by atoms with E-state index in [-0.39, 0.29) is 37.8 Å². The Labute approximate surface area is 303 Å². The van der Waals surface area contributed by atoms with Gasteiger partial charge in [0.05, 0.1) is 28.3 Å². The second kappa shape index (κ2) is 16.0. The molecule has 14 nitrogen and oxygen atoms in total. The van der Waals surface area contributed by atoms with Gasteiger partial charge >= 0.3 is 0 Å². The van der Waals surface area contributed by atoms with Crippen molar-refractivity contribution in [3.8, 4) is 5.75 Å². The van der Waals surface area contributed by atoms with Gasteiger partial charge in [-0.25, -0.2) is 16.8 Å². The van der Waals surface area contributed by atoms with Crippen LogP contribution < -0.4 is 30.1 Å². The summed E-state index contributed by atoms with van der Waals surface area (Å²) in [5.74, 6) is -0.968. The summed E-state index contributed by atoms with van der Waals surface area (Å²) in [6, 6.07) is 20.2. The summed E-state index contributed by atoms with van der Waals surface area (Å²) in [6.07, 6.45) is 2.50. The largest absolute Gasteiger partial charge is 0.497 e. The molecule has 1 saturated heterocycles. The maximum absolute atomic E-state index is 14.2. The van der Waals surface area contributed by atoms with E-state index in [0.717, 1.165) is 34.5 Å². The molecule has 0 bridgehead atoms. The molecule has 4 aromatic rings. The summed E-state index contributed by atoms with van der Waals surface area (Å²) in [4.78, 5) is 39.1. The van der Waals surface area contributed by atoms with Gasteiger partial charge in [-0.05, 0) is 92.5 Å². The van der Waals surface area contributed by atoms with Gasteiger partial charge in [0.15, 0.2) is 0 Å². The number of amides is 3. The normalized spacial score (nSPS) is 14.1. The summed E-state index contributed by atoms with van der Waals surface area (Å²) in [7, 11) is -7.39. The SMILES string of the molecule is COc1ccc(S(=O)(=O)N(CC(N)=O)c2ccc(N(CC(N)=O)S(=O)(=O)c3ccc(NC(=O)CCN4CCC(C)CC4)cc3)c3ccccc23)cc1. The van der Waals surface area contributed by atoms with Crippen LogP contribution in [-0.4, -0.2) is 79.3 Å². The van der Waals surface area contributed by atoms with Crippen LogP contribution in [0.5, 0.6) is 5.75 Å². The summed E-state index contributed by atoms with van der Waals surface area (Å²) in [5, 5.41) is 3.30. The molecule has 0 atom stereocenters. The lowest BCUT2D eigenvalue weighted by molar-refractivity contribution is -0.117. The van der Waals surface area contributed by atoms with Crippen LogP contribution in [0.4, 0.5) is 17.1 Å². The fourth-order valence-corrected chi connectivity index (χ4v) is 8.97. The zero-order chi connectivity index (χ0) is 37.6. The van der Waals surface area contributed by atoms with E-state index in [1.54, 1.807) is 24.3 Å². The summed E-state index contributed by atoms with van der Waals surface area (Å²) in [6.45, 7) is 3.30. The molecule has 0 aliphatic carbocycles. The molecule has 1 fully saturated rings. The molecule has 0 saturated carbocycles. The van der Waals surface area contributed by atoms with Gasteiger partial charge in [0.1, 0.15) is 18.8 Å². The Kier molecular flexibility index (Phi) is 11.7. The van der Waals surface area contributed by atoms with Gasteiger partial charge in [-0.15, -0.1) is 0 Å². The first-order chi connectivity index (χ1) is 24.7.